The van der Waals surface area contributed by atoms with Crippen molar-refractivity contribution in [2.24, 2.45) is 0 Å². The van der Waals surface area contributed by atoms with Gasteiger partial charge in [-0.25, -0.2) is 0 Å². The molecule has 2 nitrogen and oxygen atoms in total. The molecule has 82 valence electrons. The van der Waals surface area contributed by atoms with E-state index >= 15 is 0 Å². The van der Waals surface area contributed by atoms with Gasteiger partial charge in [-0.15, -0.1) is 0 Å². The maximum atomic E-state index is 9.94. The van der Waals surface area contributed by atoms with E-state index in [9.17, 15) is 5.11 Å². The van der Waals surface area contributed by atoms with Gasteiger partial charge in [-0.05, 0) is 30.9 Å². The zero-order chi connectivity index (χ0) is 10.7. The second kappa shape index (κ2) is 4.77. The first-order chi connectivity index (χ1) is 7.27. The van der Waals surface area contributed by atoms with E-state index in [2.05, 4.69) is 36.5 Å². The molecule has 1 heterocycles. The van der Waals surface area contributed by atoms with Crippen LogP contribution in [0.1, 0.15) is 31.2 Å². The van der Waals surface area contributed by atoms with Crippen molar-refractivity contribution in [2.45, 2.75) is 37.8 Å². The number of nitrogens with one attached hydrogen (secondary N) is 1. The van der Waals surface area contributed by atoms with Gasteiger partial charge in [0.05, 0.1) is 6.10 Å². The van der Waals surface area contributed by atoms with E-state index in [1.807, 2.05) is 6.07 Å². The van der Waals surface area contributed by atoms with Gasteiger partial charge in [0.1, 0.15) is 0 Å². The quantitative estimate of drug-likeness (QED) is 0.787. The molecule has 0 spiro atoms. The first kappa shape index (κ1) is 10.7. The van der Waals surface area contributed by atoms with E-state index in [1.165, 1.54) is 5.56 Å². The molecule has 0 radical (unpaired) electrons. The molecule has 15 heavy (non-hydrogen) atoms. The van der Waals surface area contributed by atoms with Crippen LogP contribution >= 0.6 is 0 Å². The van der Waals surface area contributed by atoms with E-state index in [0.29, 0.717) is 12.0 Å². The van der Waals surface area contributed by atoms with Gasteiger partial charge in [0.2, 0.25) is 0 Å². The third-order valence-electron chi connectivity index (χ3n) is 3.29. The zero-order valence-corrected chi connectivity index (χ0v) is 9.19. The molecule has 0 aliphatic carbocycles. The maximum Gasteiger partial charge on any atom is 0.0699 e. The Morgan fingerprint density at radius 3 is 2.60 bits per heavy atom. The Morgan fingerprint density at radius 1 is 1.40 bits per heavy atom. The molecule has 0 amide bonds. The molecule has 2 N–H and O–H groups in total. The van der Waals surface area contributed by atoms with Crippen molar-refractivity contribution >= 4 is 0 Å². The van der Waals surface area contributed by atoms with Crippen LogP contribution in [0.4, 0.5) is 0 Å². The van der Waals surface area contributed by atoms with Crippen molar-refractivity contribution in [2.75, 3.05) is 6.54 Å². The molecule has 1 aliphatic heterocycles. The zero-order valence-electron chi connectivity index (χ0n) is 9.19. The lowest BCUT2D eigenvalue weighted by Crippen LogP contribution is -2.50. The van der Waals surface area contributed by atoms with Crippen LogP contribution in [0.15, 0.2) is 30.3 Å². The summed E-state index contributed by atoms with van der Waals surface area (Å²) in [4.78, 5) is 0. The topological polar surface area (TPSA) is 32.3 Å². The molecule has 2 heteroatoms. The molecule has 3 atom stereocenters. The van der Waals surface area contributed by atoms with Crippen LogP contribution in [-0.2, 0) is 0 Å². The summed E-state index contributed by atoms with van der Waals surface area (Å²) in [5.74, 6) is 0.434. The van der Waals surface area contributed by atoms with E-state index in [1.54, 1.807) is 0 Å². The monoisotopic (exact) mass is 205 g/mol. The summed E-state index contributed by atoms with van der Waals surface area (Å²) in [6, 6.07) is 10.7. The van der Waals surface area contributed by atoms with Gasteiger partial charge in [0.25, 0.3) is 0 Å². The maximum absolute atomic E-state index is 9.94. The summed E-state index contributed by atoms with van der Waals surface area (Å²) in [5.41, 5.74) is 1.32. The fraction of sp³-hybridized carbons (Fsp3) is 0.538. The SMILES string of the molecule is CC(C[C@@H](O)[C@@H]1CCN1)c1ccccc1. The molecular formula is C13H19NO. The fourth-order valence-electron chi connectivity index (χ4n) is 2.08. The van der Waals surface area contributed by atoms with E-state index < -0.39 is 0 Å². The first-order valence-corrected chi connectivity index (χ1v) is 5.74. The average molecular weight is 205 g/mol. The number of rotatable bonds is 4. The summed E-state index contributed by atoms with van der Waals surface area (Å²) in [5, 5.41) is 13.2. The fourth-order valence-corrected chi connectivity index (χ4v) is 2.08. The minimum absolute atomic E-state index is 0.200. The smallest absolute Gasteiger partial charge is 0.0699 e. The number of aliphatic hydroxyl groups excluding tert-OH is 1. The predicted molar refractivity (Wildman–Crippen MR) is 61.9 cm³/mol. The van der Waals surface area contributed by atoms with Gasteiger partial charge >= 0.3 is 0 Å². The van der Waals surface area contributed by atoms with Gasteiger partial charge < -0.3 is 10.4 Å². The molecule has 1 aromatic rings. The van der Waals surface area contributed by atoms with Crippen LogP contribution < -0.4 is 5.32 Å². The predicted octanol–water partition coefficient (Wildman–Crippen LogP) is 1.90. The van der Waals surface area contributed by atoms with Gasteiger partial charge in [-0.1, -0.05) is 37.3 Å². The molecule has 1 aliphatic rings. The molecule has 1 unspecified atom stereocenters. The van der Waals surface area contributed by atoms with Crippen LogP contribution in [0.25, 0.3) is 0 Å². The Balaban J connectivity index is 1.88. The van der Waals surface area contributed by atoms with Gasteiger partial charge in [0.15, 0.2) is 0 Å². The highest BCUT2D eigenvalue weighted by atomic mass is 16.3. The highest BCUT2D eigenvalue weighted by Gasteiger charge is 2.26. The minimum Gasteiger partial charge on any atom is -0.391 e. The van der Waals surface area contributed by atoms with Crippen molar-refractivity contribution < 1.29 is 5.11 Å². The van der Waals surface area contributed by atoms with E-state index in [0.717, 1.165) is 19.4 Å². The van der Waals surface area contributed by atoms with Crippen LogP contribution in [-0.4, -0.2) is 23.8 Å². The Hall–Kier alpha value is -0.860. The molecule has 0 aromatic heterocycles. The second-order valence-electron chi connectivity index (χ2n) is 4.46. The lowest BCUT2D eigenvalue weighted by Gasteiger charge is -2.33. The molecule has 1 aromatic carbocycles. The average Bonchev–Trinajstić information content (AvgIpc) is 2.16. The Labute approximate surface area is 91.3 Å². The number of hydrogen-bond acceptors (Lipinski definition) is 2. The van der Waals surface area contributed by atoms with Gasteiger partial charge in [-0.3, -0.25) is 0 Å². The highest BCUT2D eigenvalue weighted by Crippen LogP contribution is 2.23. The third-order valence-corrected chi connectivity index (χ3v) is 3.29. The van der Waals surface area contributed by atoms with Crippen molar-refractivity contribution in [3.8, 4) is 0 Å². The van der Waals surface area contributed by atoms with Crippen molar-refractivity contribution in [3.63, 3.8) is 0 Å². The Morgan fingerprint density at radius 2 is 2.07 bits per heavy atom. The molecule has 2 rings (SSSR count). The van der Waals surface area contributed by atoms with E-state index in [4.69, 9.17) is 0 Å². The highest BCUT2D eigenvalue weighted by molar-refractivity contribution is 5.18. The summed E-state index contributed by atoms with van der Waals surface area (Å²) in [6.45, 7) is 3.23. The Kier molecular flexibility index (Phi) is 3.39. The van der Waals surface area contributed by atoms with Crippen molar-refractivity contribution in [1.29, 1.82) is 0 Å². The Bertz CT molecular complexity index is 295. The summed E-state index contributed by atoms with van der Waals surface area (Å²) < 4.78 is 0. The minimum atomic E-state index is -0.200. The molecule has 1 fully saturated rings. The van der Waals surface area contributed by atoms with Crippen LogP contribution in [0.2, 0.25) is 0 Å². The normalized spacial score (nSPS) is 24.3. The first-order valence-electron chi connectivity index (χ1n) is 5.74. The lowest BCUT2D eigenvalue weighted by molar-refractivity contribution is 0.0825. The van der Waals surface area contributed by atoms with Crippen molar-refractivity contribution in [3.05, 3.63) is 35.9 Å². The standard InChI is InChI=1S/C13H19NO/c1-10(11-5-3-2-4-6-11)9-13(15)12-7-8-14-12/h2-6,10,12-15H,7-9H2,1H3/t10?,12-,13+/m0/s1. The third kappa shape index (κ3) is 2.58. The molecule has 1 saturated heterocycles. The van der Waals surface area contributed by atoms with Crippen LogP contribution in [0, 0.1) is 0 Å². The molecule has 0 saturated carbocycles. The lowest BCUT2D eigenvalue weighted by atomic mass is 9.89. The van der Waals surface area contributed by atoms with Gasteiger partial charge in [-0.2, -0.15) is 0 Å². The van der Waals surface area contributed by atoms with Crippen LogP contribution in [0.3, 0.4) is 0 Å². The largest absolute Gasteiger partial charge is 0.391 e. The van der Waals surface area contributed by atoms with Crippen molar-refractivity contribution in [1.82, 2.24) is 5.32 Å². The summed E-state index contributed by atoms with van der Waals surface area (Å²) >= 11 is 0. The van der Waals surface area contributed by atoms with E-state index in [-0.39, 0.29) is 6.10 Å². The summed E-state index contributed by atoms with van der Waals surface area (Å²) in [7, 11) is 0. The number of benzene rings is 1. The molecular weight excluding hydrogens is 186 g/mol. The van der Waals surface area contributed by atoms with Gasteiger partial charge in [0, 0.05) is 6.04 Å². The number of hydrogen-bond donors (Lipinski definition) is 2. The molecule has 0 bridgehead atoms. The number of aliphatic hydroxyl groups is 1. The second-order valence-corrected chi connectivity index (χ2v) is 4.46. The van der Waals surface area contributed by atoms with Crippen LogP contribution in [0.5, 0.6) is 0 Å². The summed E-state index contributed by atoms with van der Waals surface area (Å²) in [6.07, 6.45) is 1.76.